The monoisotopic (exact) mass is 329 g/mol. The Balaban J connectivity index is 1.66. The molecular weight excluding hydrogens is 306 g/mol. The zero-order chi connectivity index (χ0) is 17.3. The smallest absolute Gasteiger partial charge is 0.325 e. The number of amides is 4. The molecule has 2 N–H and O–H groups in total. The van der Waals surface area contributed by atoms with E-state index in [1.165, 1.54) is 5.56 Å². The van der Waals surface area contributed by atoms with Crippen molar-refractivity contribution in [3.8, 4) is 0 Å². The van der Waals surface area contributed by atoms with Gasteiger partial charge in [0.05, 0.1) is 6.04 Å². The Kier molecular flexibility index (Phi) is 4.30. The van der Waals surface area contributed by atoms with Gasteiger partial charge < -0.3 is 10.6 Å². The van der Waals surface area contributed by atoms with Crippen molar-refractivity contribution in [2.24, 2.45) is 0 Å². The molecular formula is C18H23N3O3. The van der Waals surface area contributed by atoms with Gasteiger partial charge >= 0.3 is 6.03 Å². The highest BCUT2D eigenvalue weighted by Crippen LogP contribution is 2.31. The number of aryl methyl sites for hydroxylation is 1. The third-order valence-corrected chi connectivity index (χ3v) is 5.22. The van der Waals surface area contributed by atoms with E-state index in [-0.39, 0.29) is 24.4 Å². The number of imide groups is 1. The third-order valence-electron chi connectivity index (χ3n) is 5.22. The average Bonchev–Trinajstić information content (AvgIpc) is 3.09. The lowest BCUT2D eigenvalue weighted by Crippen LogP contribution is -2.46. The van der Waals surface area contributed by atoms with E-state index in [2.05, 4.69) is 16.7 Å². The van der Waals surface area contributed by atoms with Crippen LogP contribution >= 0.6 is 0 Å². The summed E-state index contributed by atoms with van der Waals surface area (Å²) in [6.07, 6.45) is 2.81. The van der Waals surface area contributed by atoms with Gasteiger partial charge in [0.15, 0.2) is 0 Å². The molecule has 1 saturated heterocycles. The predicted molar refractivity (Wildman–Crippen MR) is 89.2 cm³/mol. The highest BCUT2D eigenvalue weighted by molar-refractivity contribution is 6.09. The molecule has 0 spiro atoms. The fourth-order valence-corrected chi connectivity index (χ4v) is 3.64. The van der Waals surface area contributed by atoms with Gasteiger partial charge in [-0.2, -0.15) is 0 Å². The molecule has 0 saturated carbocycles. The van der Waals surface area contributed by atoms with Crippen LogP contribution in [0.3, 0.4) is 0 Å². The van der Waals surface area contributed by atoms with E-state index in [4.69, 9.17) is 0 Å². The molecule has 1 aromatic rings. The quantitative estimate of drug-likeness (QED) is 0.810. The summed E-state index contributed by atoms with van der Waals surface area (Å²) in [5.74, 6) is -0.609. The standard InChI is InChI=1S/C18H23N3O3/c1-3-18(4-2)16(23)21(17(24)20-18)11-15(22)19-14-10-9-12-7-5-6-8-13(12)14/h5-8,14H,3-4,9-11H2,1-2H3,(H,19,22)(H,20,24). The molecule has 1 atom stereocenters. The van der Waals surface area contributed by atoms with Gasteiger partial charge in [-0.15, -0.1) is 0 Å². The van der Waals surface area contributed by atoms with Crippen LogP contribution < -0.4 is 10.6 Å². The van der Waals surface area contributed by atoms with Gasteiger partial charge in [0, 0.05) is 0 Å². The van der Waals surface area contributed by atoms with E-state index in [1.807, 2.05) is 32.0 Å². The molecule has 0 bridgehead atoms. The van der Waals surface area contributed by atoms with E-state index in [1.54, 1.807) is 0 Å². The van der Waals surface area contributed by atoms with Crippen LogP contribution in [-0.4, -0.2) is 34.8 Å². The van der Waals surface area contributed by atoms with Crippen molar-refractivity contribution in [2.45, 2.75) is 51.1 Å². The highest BCUT2D eigenvalue weighted by atomic mass is 16.2. The van der Waals surface area contributed by atoms with Crippen molar-refractivity contribution in [1.29, 1.82) is 0 Å². The first-order valence-corrected chi connectivity index (χ1v) is 8.52. The lowest BCUT2D eigenvalue weighted by atomic mass is 9.93. The number of carbonyl (C=O) groups is 3. The fraction of sp³-hybridized carbons (Fsp3) is 0.500. The van der Waals surface area contributed by atoms with E-state index >= 15 is 0 Å². The number of nitrogens with one attached hydrogen (secondary N) is 2. The molecule has 1 aromatic carbocycles. The molecule has 4 amide bonds. The van der Waals surface area contributed by atoms with Crippen molar-refractivity contribution < 1.29 is 14.4 Å². The molecule has 1 unspecified atom stereocenters. The summed E-state index contributed by atoms with van der Waals surface area (Å²) in [7, 11) is 0. The first-order chi connectivity index (χ1) is 11.5. The van der Waals surface area contributed by atoms with E-state index in [0.29, 0.717) is 12.8 Å². The van der Waals surface area contributed by atoms with Gasteiger partial charge in [0.25, 0.3) is 5.91 Å². The molecule has 1 aliphatic heterocycles. The first-order valence-electron chi connectivity index (χ1n) is 8.52. The molecule has 0 aromatic heterocycles. The zero-order valence-electron chi connectivity index (χ0n) is 14.1. The number of hydrogen-bond donors (Lipinski definition) is 2. The van der Waals surface area contributed by atoms with Gasteiger partial charge in [0.2, 0.25) is 5.91 Å². The molecule has 1 aliphatic carbocycles. The topological polar surface area (TPSA) is 78.5 Å². The van der Waals surface area contributed by atoms with E-state index in [0.717, 1.165) is 23.3 Å². The Hall–Kier alpha value is -2.37. The van der Waals surface area contributed by atoms with Crippen LogP contribution in [0.5, 0.6) is 0 Å². The second-order valence-corrected chi connectivity index (χ2v) is 6.47. The van der Waals surface area contributed by atoms with Crippen LogP contribution in [0.25, 0.3) is 0 Å². The maximum atomic E-state index is 12.5. The van der Waals surface area contributed by atoms with Crippen LogP contribution in [0.4, 0.5) is 4.79 Å². The number of hydrogen-bond acceptors (Lipinski definition) is 3. The lowest BCUT2D eigenvalue weighted by molar-refractivity contribution is -0.135. The molecule has 6 heteroatoms. The van der Waals surface area contributed by atoms with Crippen molar-refractivity contribution in [3.63, 3.8) is 0 Å². The molecule has 3 rings (SSSR count). The summed E-state index contributed by atoms with van der Waals surface area (Å²) in [6.45, 7) is 3.49. The maximum Gasteiger partial charge on any atom is 0.325 e. The van der Waals surface area contributed by atoms with Gasteiger partial charge in [-0.3, -0.25) is 14.5 Å². The van der Waals surface area contributed by atoms with Gasteiger partial charge in [-0.25, -0.2) is 4.79 Å². The Morgan fingerprint density at radius 1 is 1.29 bits per heavy atom. The lowest BCUT2D eigenvalue weighted by Gasteiger charge is -2.23. The van der Waals surface area contributed by atoms with Crippen molar-refractivity contribution >= 4 is 17.8 Å². The average molecular weight is 329 g/mol. The number of urea groups is 1. The number of carbonyl (C=O) groups excluding carboxylic acids is 3. The van der Waals surface area contributed by atoms with Gasteiger partial charge in [-0.05, 0) is 36.8 Å². The molecule has 1 heterocycles. The summed E-state index contributed by atoms with van der Waals surface area (Å²) in [5.41, 5.74) is 1.51. The minimum absolute atomic E-state index is 0.0448. The highest BCUT2D eigenvalue weighted by Gasteiger charge is 2.49. The normalized spacial score (nSPS) is 21.6. The SMILES string of the molecule is CCC1(CC)NC(=O)N(CC(=O)NC2CCc3ccccc32)C1=O. The van der Waals surface area contributed by atoms with Gasteiger partial charge in [-0.1, -0.05) is 38.1 Å². The largest absolute Gasteiger partial charge is 0.348 e. The van der Waals surface area contributed by atoms with Crippen molar-refractivity contribution in [3.05, 3.63) is 35.4 Å². The Bertz CT molecular complexity index is 682. The van der Waals surface area contributed by atoms with E-state index in [9.17, 15) is 14.4 Å². The number of rotatable bonds is 5. The second-order valence-electron chi connectivity index (χ2n) is 6.47. The van der Waals surface area contributed by atoms with Crippen molar-refractivity contribution in [2.75, 3.05) is 6.54 Å². The number of benzene rings is 1. The molecule has 2 aliphatic rings. The van der Waals surface area contributed by atoms with Crippen LogP contribution in [0.2, 0.25) is 0 Å². The Morgan fingerprint density at radius 3 is 2.67 bits per heavy atom. The van der Waals surface area contributed by atoms with Crippen LogP contribution in [0, 0.1) is 0 Å². The van der Waals surface area contributed by atoms with Crippen LogP contribution in [-0.2, 0) is 16.0 Å². The molecule has 0 radical (unpaired) electrons. The summed E-state index contributed by atoms with van der Waals surface area (Å²) in [5, 5.41) is 5.69. The Morgan fingerprint density at radius 2 is 2.00 bits per heavy atom. The molecule has 1 fully saturated rings. The second kappa shape index (κ2) is 6.26. The minimum Gasteiger partial charge on any atom is -0.348 e. The predicted octanol–water partition coefficient (Wildman–Crippen LogP) is 1.90. The summed E-state index contributed by atoms with van der Waals surface area (Å²) < 4.78 is 0. The van der Waals surface area contributed by atoms with E-state index < -0.39 is 11.6 Å². The fourth-order valence-electron chi connectivity index (χ4n) is 3.64. The molecule has 24 heavy (non-hydrogen) atoms. The van der Waals surface area contributed by atoms with Crippen LogP contribution in [0.15, 0.2) is 24.3 Å². The Labute approximate surface area is 141 Å². The number of nitrogens with zero attached hydrogens (tertiary/aromatic N) is 1. The summed E-state index contributed by atoms with van der Waals surface area (Å²) in [4.78, 5) is 38.0. The third kappa shape index (κ3) is 2.66. The van der Waals surface area contributed by atoms with Gasteiger partial charge in [0.1, 0.15) is 12.1 Å². The minimum atomic E-state index is -0.864. The van der Waals surface area contributed by atoms with Crippen LogP contribution in [0.1, 0.15) is 50.3 Å². The summed E-state index contributed by atoms with van der Waals surface area (Å²) >= 11 is 0. The molecule has 6 nitrogen and oxygen atoms in total. The van der Waals surface area contributed by atoms with Crippen molar-refractivity contribution in [1.82, 2.24) is 15.5 Å². The first kappa shape index (κ1) is 16.5. The summed E-state index contributed by atoms with van der Waals surface area (Å²) in [6, 6.07) is 7.50. The molecule has 128 valence electrons. The number of fused-ring (bicyclic) bond motifs is 1. The maximum absolute atomic E-state index is 12.5. The zero-order valence-corrected chi connectivity index (χ0v) is 14.1.